The molecule has 0 atom stereocenters. The molecule has 0 aliphatic carbocycles. The quantitative estimate of drug-likeness (QED) is 0.320. The molecule has 3 heterocycles. The number of nitrogens with one attached hydrogen (secondary N) is 1. The van der Waals surface area contributed by atoms with Crippen LogP contribution in [0.3, 0.4) is 0 Å². The molecule has 0 fully saturated rings. The molecule has 4 aromatic rings. The summed E-state index contributed by atoms with van der Waals surface area (Å²) in [5.41, 5.74) is 1.04. The lowest BCUT2D eigenvalue weighted by Crippen LogP contribution is -2.14. The van der Waals surface area contributed by atoms with Crippen molar-refractivity contribution in [1.82, 2.24) is 25.0 Å². The van der Waals surface area contributed by atoms with Crippen molar-refractivity contribution in [2.24, 2.45) is 0 Å². The van der Waals surface area contributed by atoms with Gasteiger partial charge in [0.1, 0.15) is 5.01 Å². The Morgan fingerprint density at radius 3 is 2.93 bits per heavy atom. The van der Waals surface area contributed by atoms with E-state index in [0.717, 1.165) is 28.2 Å². The minimum Gasteiger partial charge on any atom is -0.300 e. The monoisotopic (exact) mass is 442 g/mol. The number of thiophene rings is 1. The Kier molecular flexibility index (Phi) is 6.02. The predicted molar refractivity (Wildman–Crippen MR) is 120 cm³/mol. The van der Waals surface area contributed by atoms with Crippen LogP contribution in [0.25, 0.3) is 21.5 Å². The van der Waals surface area contributed by atoms with E-state index < -0.39 is 0 Å². The summed E-state index contributed by atoms with van der Waals surface area (Å²) in [6.07, 6.45) is 2.60. The van der Waals surface area contributed by atoms with Crippen LogP contribution in [0.2, 0.25) is 0 Å². The molecule has 3 aromatic heterocycles. The van der Waals surface area contributed by atoms with Crippen LogP contribution in [0.15, 0.2) is 47.5 Å². The zero-order valence-electron chi connectivity index (χ0n) is 15.7. The van der Waals surface area contributed by atoms with Gasteiger partial charge in [-0.05, 0) is 12.5 Å². The van der Waals surface area contributed by atoms with E-state index in [4.69, 9.17) is 0 Å². The Hall–Kier alpha value is -2.56. The highest BCUT2D eigenvalue weighted by Gasteiger charge is 2.18. The van der Waals surface area contributed by atoms with E-state index in [9.17, 15) is 4.79 Å². The van der Waals surface area contributed by atoms with Crippen LogP contribution < -0.4 is 5.32 Å². The molecule has 0 aliphatic rings. The number of aryl methyl sites for hydroxylation is 1. The maximum absolute atomic E-state index is 12.3. The number of aromatic nitrogens is 5. The normalized spacial score (nSPS) is 11.1. The van der Waals surface area contributed by atoms with Crippen molar-refractivity contribution in [2.45, 2.75) is 25.0 Å². The van der Waals surface area contributed by atoms with Gasteiger partial charge in [0.05, 0.1) is 5.75 Å². The Balaban J connectivity index is 1.52. The van der Waals surface area contributed by atoms with Gasteiger partial charge in [-0.3, -0.25) is 14.7 Å². The lowest BCUT2D eigenvalue weighted by molar-refractivity contribution is -0.113. The summed E-state index contributed by atoms with van der Waals surface area (Å²) in [5, 5.41) is 24.8. The smallest absolute Gasteiger partial charge is 0.236 e. The van der Waals surface area contributed by atoms with Crippen molar-refractivity contribution in [2.75, 3.05) is 11.1 Å². The summed E-state index contributed by atoms with van der Waals surface area (Å²) in [4.78, 5) is 12.3. The molecular weight excluding hydrogens is 424 g/mol. The van der Waals surface area contributed by atoms with E-state index in [0.29, 0.717) is 16.8 Å². The van der Waals surface area contributed by atoms with Gasteiger partial charge in [0.2, 0.25) is 11.0 Å². The first-order chi connectivity index (χ1) is 14.2. The third-order valence-corrected chi connectivity index (χ3v) is 7.01. The summed E-state index contributed by atoms with van der Waals surface area (Å²) in [7, 11) is 0. The fourth-order valence-corrected chi connectivity index (χ4v) is 5.15. The zero-order chi connectivity index (χ0) is 20.2. The summed E-state index contributed by atoms with van der Waals surface area (Å²) in [6.45, 7) is 6.41. The number of nitrogens with zero attached hydrogens (tertiary/aromatic N) is 5. The van der Waals surface area contributed by atoms with Gasteiger partial charge in [-0.25, -0.2) is 0 Å². The molecule has 10 heteroatoms. The van der Waals surface area contributed by atoms with E-state index >= 15 is 0 Å². The summed E-state index contributed by atoms with van der Waals surface area (Å²) in [5.74, 6) is 0.840. The molecule has 7 nitrogen and oxygen atoms in total. The number of carbonyl (C=O) groups excluding carboxylic acids is 1. The number of rotatable bonds is 8. The lowest BCUT2D eigenvalue weighted by Gasteiger charge is -2.07. The molecule has 4 rings (SSSR count). The highest BCUT2D eigenvalue weighted by molar-refractivity contribution is 7.99. The number of benzene rings is 1. The van der Waals surface area contributed by atoms with E-state index in [1.807, 2.05) is 23.6 Å². The number of allylic oxidation sites excluding steroid dienone is 1. The number of carbonyl (C=O) groups is 1. The maximum Gasteiger partial charge on any atom is 0.236 e. The van der Waals surface area contributed by atoms with Gasteiger partial charge in [-0.15, -0.1) is 38.3 Å². The largest absolute Gasteiger partial charge is 0.300 e. The third-order valence-electron chi connectivity index (χ3n) is 4.10. The lowest BCUT2D eigenvalue weighted by atomic mass is 10.1. The Morgan fingerprint density at radius 1 is 1.28 bits per heavy atom. The molecule has 1 aromatic carbocycles. The third kappa shape index (κ3) is 4.24. The van der Waals surface area contributed by atoms with Crippen LogP contribution in [0.1, 0.15) is 11.9 Å². The molecule has 29 heavy (non-hydrogen) atoms. The van der Waals surface area contributed by atoms with Gasteiger partial charge in [0.25, 0.3) is 0 Å². The van der Waals surface area contributed by atoms with Crippen molar-refractivity contribution in [3.8, 4) is 11.4 Å². The summed E-state index contributed by atoms with van der Waals surface area (Å²) in [6, 6.07) is 8.22. The molecule has 0 saturated carbocycles. The van der Waals surface area contributed by atoms with Crippen molar-refractivity contribution < 1.29 is 4.79 Å². The van der Waals surface area contributed by atoms with Crippen LogP contribution >= 0.6 is 34.4 Å². The molecule has 0 unspecified atom stereocenters. The van der Waals surface area contributed by atoms with Crippen molar-refractivity contribution in [1.29, 1.82) is 0 Å². The van der Waals surface area contributed by atoms with Crippen molar-refractivity contribution >= 4 is 55.6 Å². The molecule has 0 radical (unpaired) electrons. The fourth-order valence-electron chi connectivity index (χ4n) is 2.77. The maximum atomic E-state index is 12.3. The number of hydrogen-bond acceptors (Lipinski definition) is 8. The number of hydrogen-bond donors (Lipinski definition) is 1. The van der Waals surface area contributed by atoms with E-state index in [1.165, 1.54) is 27.8 Å². The van der Waals surface area contributed by atoms with Gasteiger partial charge in [-0.1, -0.05) is 54.3 Å². The Morgan fingerprint density at radius 2 is 2.14 bits per heavy atom. The van der Waals surface area contributed by atoms with Gasteiger partial charge >= 0.3 is 0 Å². The van der Waals surface area contributed by atoms with Crippen LogP contribution in [0, 0.1) is 0 Å². The predicted octanol–water partition coefficient (Wildman–Crippen LogP) is 4.49. The van der Waals surface area contributed by atoms with Crippen molar-refractivity contribution in [3.63, 3.8) is 0 Å². The van der Waals surface area contributed by atoms with Crippen molar-refractivity contribution in [3.05, 3.63) is 47.3 Å². The molecule has 148 valence electrons. The van der Waals surface area contributed by atoms with Gasteiger partial charge in [0, 0.05) is 27.6 Å². The zero-order valence-corrected chi connectivity index (χ0v) is 18.1. The van der Waals surface area contributed by atoms with Crippen LogP contribution in [0.4, 0.5) is 5.13 Å². The van der Waals surface area contributed by atoms with E-state index in [-0.39, 0.29) is 11.7 Å². The highest BCUT2D eigenvalue weighted by Crippen LogP contribution is 2.34. The first-order valence-corrected chi connectivity index (χ1v) is 11.6. The first-order valence-electron chi connectivity index (χ1n) is 8.95. The summed E-state index contributed by atoms with van der Waals surface area (Å²) >= 11 is 4.41. The topological polar surface area (TPSA) is 85.6 Å². The Bertz CT molecular complexity index is 1160. The second-order valence-corrected chi connectivity index (χ2v) is 8.96. The van der Waals surface area contributed by atoms with Gasteiger partial charge in [0.15, 0.2) is 11.0 Å². The van der Waals surface area contributed by atoms with Gasteiger partial charge in [-0.2, -0.15) is 0 Å². The van der Waals surface area contributed by atoms with Gasteiger partial charge < -0.3 is 0 Å². The molecular formula is C19H18N6OS3. The minimum atomic E-state index is -0.149. The van der Waals surface area contributed by atoms with Crippen LogP contribution in [-0.2, 0) is 17.8 Å². The first kappa shape index (κ1) is 19.7. The second kappa shape index (κ2) is 8.85. The average Bonchev–Trinajstić information content (AvgIpc) is 3.45. The van der Waals surface area contributed by atoms with E-state index in [2.05, 4.69) is 49.8 Å². The molecule has 1 amide bonds. The average molecular weight is 443 g/mol. The molecule has 0 spiro atoms. The Labute approximate surface area is 179 Å². The number of amides is 1. The molecule has 0 saturated heterocycles. The number of thioether (sulfide) groups is 1. The molecule has 1 N–H and O–H groups in total. The molecule has 0 aliphatic heterocycles. The molecule has 0 bridgehead atoms. The van der Waals surface area contributed by atoms with E-state index in [1.54, 1.807) is 17.4 Å². The van der Waals surface area contributed by atoms with Crippen LogP contribution in [0.5, 0.6) is 0 Å². The highest BCUT2D eigenvalue weighted by atomic mass is 32.2. The SMILES string of the molecule is C=CCn1c(SCC(=O)Nc2nnc(CC)s2)nnc1-c1csc2ccccc12. The fraction of sp³-hybridized carbons (Fsp3) is 0.211. The second-order valence-electron chi connectivity index (χ2n) is 6.04. The van der Waals surface area contributed by atoms with Crippen LogP contribution in [-0.4, -0.2) is 36.6 Å². The summed E-state index contributed by atoms with van der Waals surface area (Å²) < 4.78 is 3.19. The minimum absolute atomic E-state index is 0.149. The number of fused-ring (bicyclic) bond motifs is 1. The standard InChI is InChI=1S/C19H18N6OS3/c1-3-9-25-17(13-10-27-14-8-6-5-7-12(13)14)22-24-19(25)28-11-15(26)20-18-23-21-16(4-2)29-18/h3,5-8,10H,1,4,9,11H2,2H3,(H,20,23,26). The number of anilines is 1.